The van der Waals surface area contributed by atoms with Gasteiger partial charge >= 0.3 is 0 Å². The number of thiazole rings is 1. The standard InChI is InChI=1S/C19H19N5O2S/c20-17-16(15(25)11-2-1-3-12-14(11)24-26-23-12)27-18(22-17)21-13-8-19(13)7-9-4-5-10(19)6-9/h1-3,9-10,13H,4-8,20H2,(H,21,22). The van der Waals surface area contributed by atoms with E-state index in [0.717, 1.165) is 17.0 Å². The van der Waals surface area contributed by atoms with E-state index in [1.54, 1.807) is 18.2 Å². The minimum absolute atomic E-state index is 0.190. The van der Waals surface area contributed by atoms with Crippen molar-refractivity contribution in [2.75, 3.05) is 11.1 Å². The lowest BCUT2D eigenvalue weighted by molar-refractivity contribution is 0.104. The predicted octanol–water partition coefficient (Wildman–Crippen LogP) is 3.48. The molecule has 3 N–H and O–H groups in total. The van der Waals surface area contributed by atoms with E-state index in [1.807, 2.05) is 0 Å². The van der Waals surface area contributed by atoms with Gasteiger partial charge in [0, 0.05) is 6.04 Å². The van der Waals surface area contributed by atoms with Gasteiger partial charge in [-0.1, -0.05) is 23.8 Å². The molecule has 3 aromatic rings. The second-order valence-electron chi connectivity index (χ2n) is 8.21. The van der Waals surface area contributed by atoms with Crippen molar-refractivity contribution in [3.05, 3.63) is 28.6 Å². The molecule has 3 saturated carbocycles. The largest absolute Gasteiger partial charge is 0.382 e. The summed E-state index contributed by atoms with van der Waals surface area (Å²) < 4.78 is 4.76. The number of benzene rings is 1. The van der Waals surface area contributed by atoms with E-state index < -0.39 is 0 Å². The number of carbonyl (C=O) groups excluding carboxylic acids is 1. The molecular weight excluding hydrogens is 362 g/mol. The molecule has 0 amide bonds. The van der Waals surface area contributed by atoms with Crippen molar-refractivity contribution in [2.45, 2.75) is 38.1 Å². The zero-order chi connectivity index (χ0) is 18.2. The van der Waals surface area contributed by atoms with Gasteiger partial charge in [0.15, 0.2) is 5.13 Å². The summed E-state index contributed by atoms with van der Waals surface area (Å²) >= 11 is 1.33. The van der Waals surface area contributed by atoms with E-state index in [0.29, 0.717) is 32.9 Å². The number of nitrogen functional groups attached to an aromatic ring is 1. The molecule has 138 valence electrons. The molecule has 2 aromatic heterocycles. The zero-order valence-electron chi connectivity index (χ0n) is 14.6. The zero-order valence-corrected chi connectivity index (χ0v) is 15.5. The highest BCUT2D eigenvalue weighted by Crippen LogP contribution is 2.69. The van der Waals surface area contributed by atoms with Crippen LogP contribution in [-0.2, 0) is 0 Å². The lowest BCUT2D eigenvalue weighted by Crippen LogP contribution is -2.20. The Bertz CT molecular complexity index is 1080. The van der Waals surface area contributed by atoms with Gasteiger partial charge < -0.3 is 11.1 Å². The SMILES string of the molecule is Nc1nc(NC2CC23CC2CCC3C2)sc1C(=O)c1cccc2nonc12. The van der Waals surface area contributed by atoms with Gasteiger partial charge in [-0.25, -0.2) is 9.61 Å². The molecule has 0 saturated heterocycles. The van der Waals surface area contributed by atoms with Gasteiger partial charge in [0.1, 0.15) is 21.7 Å². The Morgan fingerprint density at radius 3 is 3.04 bits per heavy atom. The lowest BCUT2D eigenvalue weighted by atomic mass is 9.85. The number of fused-ring (bicyclic) bond motifs is 4. The van der Waals surface area contributed by atoms with Crippen LogP contribution in [0.25, 0.3) is 11.0 Å². The summed E-state index contributed by atoms with van der Waals surface area (Å²) in [5.41, 5.74) is 8.00. The molecule has 0 aliphatic heterocycles. The fourth-order valence-corrected chi connectivity index (χ4v) is 6.39. The summed E-state index contributed by atoms with van der Waals surface area (Å²) in [6, 6.07) is 5.71. The minimum Gasteiger partial charge on any atom is -0.382 e. The highest BCUT2D eigenvalue weighted by atomic mass is 32.1. The highest BCUT2D eigenvalue weighted by Gasteiger charge is 2.65. The lowest BCUT2D eigenvalue weighted by Gasteiger charge is -2.22. The van der Waals surface area contributed by atoms with Gasteiger partial charge in [0.2, 0.25) is 5.78 Å². The molecule has 2 heterocycles. The molecular formula is C19H19N5O2S. The van der Waals surface area contributed by atoms with E-state index >= 15 is 0 Å². The maximum Gasteiger partial charge on any atom is 0.209 e. The van der Waals surface area contributed by atoms with Gasteiger partial charge in [-0.15, -0.1) is 0 Å². The first-order valence-corrected chi connectivity index (χ1v) is 10.2. The van der Waals surface area contributed by atoms with E-state index in [-0.39, 0.29) is 11.6 Å². The predicted molar refractivity (Wildman–Crippen MR) is 102 cm³/mol. The van der Waals surface area contributed by atoms with Crippen LogP contribution in [0.2, 0.25) is 0 Å². The number of anilines is 2. The Hall–Kier alpha value is -2.48. The molecule has 2 bridgehead atoms. The number of hydrogen-bond donors (Lipinski definition) is 2. The highest BCUT2D eigenvalue weighted by molar-refractivity contribution is 7.18. The molecule has 27 heavy (non-hydrogen) atoms. The maximum atomic E-state index is 13.0. The van der Waals surface area contributed by atoms with Gasteiger partial charge in [0.05, 0.1) is 5.56 Å². The molecule has 1 aromatic carbocycles. The van der Waals surface area contributed by atoms with E-state index in [9.17, 15) is 4.79 Å². The van der Waals surface area contributed by atoms with Crippen LogP contribution in [0, 0.1) is 17.3 Å². The number of nitrogens with zero attached hydrogens (tertiary/aromatic N) is 3. The molecule has 4 atom stereocenters. The van der Waals surface area contributed by atoms with Crippen LogP contribution in [0.5, 0.6) is 0 Å². The first-order valence-electron chi connectivity index (χ1n) is 9.43. The Morgan fingerprint density at radius 2 is 2.22 bits per heavy atom. The Morgan fingerprint density at radius 1 is 1.30 bits per heavy atom. The summed E-state index contributed by atoms with van der Waals surface area (Å²) in [7, 11) is 0. The molecule has 3 aliphatic rings. The van der Waals surface area contributed by atoms with Crippen molar-refractivity contribution in [1.82, 2.24) is 15.3 Å². The number of ketones is 1. The number of carbonyl (C=O) groups is 1. The molecule has 4 unspecified atom stereocenters. The van der Waals surface area contributed by atoms with Crippen LogP contribution in [0.4, 0.5) is 10.9 Å². The number of rotatable bonds is 4. The smallest absolute Gasteiger partial charge is 0.209 e. The van der Waals surface area contributed by atoms with Crippen LogP contribution in [0.15, 0.2) is 22.8 Å². The van der Waals surface area contributed by atoms with Gasteiger partial charge in [-0.05, 0) is 65.4 Å². The summed E-state index contributed by atoms with van der Waals surface area (Å²) in [5.74, 6) is 1.88. The van der Waals surface area contributed by atoms with E-state index in [1.165, 1.54) is 43.4 Å². The summed E-state index contributed by atoms with van der Waals surface area (Å²) in [5, 5.41) is 12.0. The first kappa shape index (κ1) is 15.6. The number of aromatic nitrogens is 3. The van der Waals surface area contributed by atoms with E-state index in [2.05, 4.69) is 20.6 Å². The summed E-state index contributed by atoms with van der Waals surface area (Å²) in [4.78, 5) is 17.9. The van der Waals surface area contributed by atoms with Gasteiger partial charge in [-0.2, -0.15) is 0 Å². The maximum absolute atomic E-state index is 13.0. The Kier molecular flexibility index (Phi) is 3.05. The molecule has 3 fully saturated rings. The van der Waals surface area contributed by atoms with E-state index in [4.69, 9.17) is 10.4 Å². The topological polar surface area (TPSA) is 107 Å². The van der Waals surface area contributed by atoms with Crippen molar-refractivity contribution >= 4 is 39.1 Å². The second kappa shape index (κ2) is 5.28. The third kappa shape index (κ3) is 2.19. The number of nitrogens with two attached hydrogens (primary N) is 1. The molecule has 1 spiro atoms. The van der Waals surface area contributed by atoms with Crippen molar-refractivity contribution in [3.63, 3.8) is 0 Å². The quantitative estimate of drug-likeness (QED) is 0.666. The fourth-order valence-electron chi connectivity index (χ4n) is 5.50. The van der Waals surface area contributed by atoms with Crippen molar-refractivity contribution < 1.29 is 9.42 Å². The third-order valence-electron chi connectivity index (χ3n) is 6.83. The van der Waals surface area contributed by atoms with Crippen molar-refractivity contribution in [1.29, 1.82) is 0 Å². The van der Waals surface area contributed by atoms with Crippen LogP contribution in [0.1, 0.15) is 47.3 Å². The van der Waals surface area contributed by atoms with Gasteiger partial charge in [-0.3, -0.25) is 4.79 Å². The second-order valence-corrected chi connectivity index (χ2v) is 9.21. The van der Waals surface area contributed by atoms with Crippen molar-refractivity contribution in [2.24, 2.45) is 17.3 Å². The van der Waals surface area contributed by atoms with Crippen molar-refractivity contribution in [3.8, 4) is 0 Å². The Balaban J connectivity index is 1.26. The molecule has 8 heteroatoms. The van der Waals surface area contributed by atoms with Crippen LogP contribution in [0.3, 0.4) is 0 Å². The molecule has 3 aliphatic carbocycles. The average molecular weight is 381 g/mol. The summed E-state index contributed by atoms with van der Waals surface area (Å²) in [6.45, 7) is 0. The summed E-state index contributed by atoms with van der Waals surface area (Å²) in [6.07, 6.45) is 6.76. The van der Waals surface area contributed by atoms with Crippen LogP contribution < -0.4 is 11.1 Å². The monoisotopic (exact) mass is 381 g/mol. The normalized spacial score (nSPS) is 31.0. The number of hydrogen-bond acceptors (Lipinski definition) is 8. The average Bonchev–Trinajstić information content (AvgIpc) is 3.19. The molecule has 7 nitrogen and oxygen atoms in total. The third-order valence-corrected chi connectivity index (χ3v) is 7.83. The fraction of sp³-hybridized carbons (Fsp3) is 0.474. The first-order chi connectivity index (χ1) is 13.1. The number of nitrogens with one attached hydrogen (secondary N) is 1. The molecule has 0 radical (unpaired) electrons. The minimum atomic E-state index is -0.190. The van der Waals surface area contributed by atoms with Gasteiger partial charge in [0.25, 0.3) is 0 Å². The Labute approximate surface area is 159 Å². The van der Waals surface area contributed by atoms with Crippen LogP contribution in [-0.4, -0.2) is 27.1 Å². The molecule has 6 rings (SSSR count). The van der Waals surface area contributed by atoms with Crippen LogP contribution >= 0.6 is 11.3 Å².